The maximum atomic E-state index is 14.7. The van der Waals surface area contributed by atoms with Crippen molar-refractivity contribution in [2.45, 2.75) is 13.0 Å². The molecule has 2 fully saturated rings. The summed E-state index contributed by atoms with van der Waals surface area (Å²) in [4.78, 5) is 39.6. The summed E-state index contributed by atoms with van der Waals surface area (Å²) in [5.41, 5.74) is 0.836. The van der Waals surface area contributed by atoms with E-state index in [1.165, 1.54) is 17.9 Å². The first-order valence-electron chi connectivity index (χ1n) is 9.12. The van der Waals surface area contributed by atoms with Crippen LogP contribution in [0.3, 0.4) is 0 Å². The minimum absolute atomic E-state index is 0.142. The topological polar surface area (TPSA) is 94.2 Å². The van der Waals surface area contributed by atoms with Crippen LogP contribution in [0.15, 0.2) is 18.2 Å². The number of carbonyl (C=O) groups is 3. The Morgan fingerprint density at radius 2 is 1.96 bits per heavy atom. The number of hydrogen-bond donors (Lipinski definition) is 2. The number of rotatable bonds is 4. The number of amides is 4. The van der Waals surface area contributed by atoms with Crippen LogP contribution in [-0.2, 0) is 9.53 Å². The van der Waals surface area contributed by atoms with Crippen molar-refractivity contribution in [2.24, 2.45) is 0 Å². The van der Waals surface area contributed by atoms with Crippen LogP contribution in [0.1, 0.15) is 6.92 Å². The Morgan fingerprint density at radius 1 is 1.25 bits per heavy atom. The Kier molecular flexibility index (Phi) is 5.86. The lowest BCUT2D eigenvalue weighted by molar-refractivity contribution is -0.119. The van der Waals surface area contributed by atoms with Crippen molar-refractivity contribution in [3.05, 3.63) is 24.0 Å². The molecule has 4 amide bonds. The molecule has 0 spiro atoms. The molecule has 152 valence electrons. The van der Waals surface area contributed by atoms with Gasteiger partial charge in [0, 0.05) is 40.2 Å². The minimum Gasteiger partial charge on any atom is -0.442 e. The molecule has 2 heterocycles. The van der Waals surface area contributed by atoms with Crippen LogP contribution in [0, 0.1) is 5.82 Å². The first-order chi connectivity index (χ1) is 13.4. The van der Waals surface area contributed by atoms with Gasteiger partial charge in [-0.3, -0.25) is 9.69 Å². The average molecular weight is 393 g/mol. The Balaban J connectivity index is 1.64. The zero-order valence-electron chi connectivity index (χ0n) is 15.9. The van der Waals surface area contributed by atoms with Crippen molar-refractivity contribution in [1.29, 1.82) is 0 Å². The van der Waals surface area contributed by atoms with E-state index in [1.54, 1.807) is 24.1 Å². The quantitative estimate of drug-likeness (QED) is 0.787. The van der Waals surface area contributed by atoms with Crippen molar-refractivity contribution in [3.63, 3.8) is 0 Å². The standard InChI is InChI=1S/C18H24FN5O4/c1-12(25)21-10-14-11-24(18(27)28-14)13-3-4-16(15(19)9-13)22-5-7-23(8-6-22)17(26)20-2/h3-4,9,14H,5-8,10-11H2,1-2H3,(H,20,26)(H,21,25)/t14-/m0/s1. The third kappa shape index (κ3) is 4.26. The van der Waals surface area contributed by atoms with E-state index in [9.17, 15) is 18.8 Å². The molecule has 3 rings (SSSR count). The van der Waals surface area contributed by atoms with Gasteiger partial charge in [0.2, 0.25) is 5.91 Å². The highest BCUT2D eigenvalue weighted by molar-refractivity contribution is 5.90. The Morgan fingerprint density at radius 3 is 2.57 bits per heavy atom. The fourth-order valence-corrected chi connectivity index (χ4v) is 3.32. The summed E-state index contributed by atoms with van der Waals surface area (Å²) in [6.07, 6.45) is -1.04. The number of hydrogen-bond acceptors (Lipinski definition) is 5. The molecule has 28 heavy (non-hydrogen) atoms. The molecule has 2 aliphatic rings. The summed E-state index contributed by atoms with van der Waals surface area (Å²) in [5.74, 6) is -0.648. The molecule has 0 bridgehead atoms. The van der Waals surface area contributed by atoms with E-state index < -0.39 is 18.0 Å². The number of cyclic esters (lactones) is 1. The maximum absolute atomic E-state index is 14.7. The molecule has 0 aliphatic carbocycles. The van der Waals surface area contributed by atoms with Crippen molar-refractivity contribution >= 4 is 29.4 Å². The smallest absolute Gasteiger partial charge is 0.414 e. The summed E-state index contributed by atoms with van der Waals surface area (Å²) in [6.45, 7) is 3.89. The van der Waals surface area contributed by atoms with Gasteiger partial charge in [-0.25, -0.2) is 14.0 Å². The van der Waals surface area contributed by atoms with Gasteiger partial charge in [-0.1, -0.05) is 0 Å². The van der Waals surface area contributed by atoms with Gasteiger partial charge in [-0.05, 0) is 18.2 Å². The van der Waals surface area contributed by atoms with Gasteiger partial charge in [0.05, 0.1) is 24.5 Å². The first kappa shape index (κ1) is 19.7. The van der Waals surface area contributed by atoms with E-state index in [0.29, 0.717) is 37.6 Å². The molecule has 1 aromatic rings. The zero-order chi connectivity index (χ0) is 20.3. The fraction of sp³-hybridized carbons (Fsp3) is 0.500. The molecule has 0 radical (unpaired) electrons. The molecular weight excluding hydrogens is 369 g/mol. The number of nitrogens with one attached hydrogen (secondary N) is 2. The summed E-state index contributed by atoms with van der Waals surface area (Å²) >= 11 is 0. The highest BCUT2D eigenvalue weighted by Crippen LogP contribution is 2.28. The lowest BCUT2D eigenvalue weighted by Crippen LogP contribution is -2.51. The monoisotopic (exact) mass is 393 g/mol. The number of anilines is 2. The van der Waals surface area contributed by atoms with Crippen molar-refractivity contribution in [2.75, 3.05) is 56.1 Å². The molecule has 9 nitrogen and oxygen atoms in total. The summed E-state index contributed by atoms with van der Waals surface area (Å²) in [6, 6.07) is 4.47. The number of carbonyl (C=O) groups excluding carboxylic acids is 3. The molecule has 1 atom stereocenters. The minimum atomic E-state index is -0.568. The number of urea groups is 1. The molecule has 0 aromatic heterocycles. The molecule has 2 N–H and O–H groups in total. The number of nitrogens with zero attached hydrogens (tertiary/aromatic N) is 3. The highest BCUT2D eigenvalue weighted by atomic mass is 19.1. The normalized spacial score (nSPS) is 19.5. The number of halogens is 1. The van der Waals surface area contributed by atoms with Crippen LogP contribution < -0.4 is 20.4 Å². The van der Waals surface area contributed by atoms with Crippen LogP contribution in [0.25, 0.3) is 0 Å². The third-order valence-electron chi connectivity index (χ3n) is 4.82. The molecule has 0 unspecified atom stereocenters. The Hall–Kier alpha value is -3.04. The van der Waals surface area contributed by atoms with E-state index in [0.717, 1.165) is 0 Å². The van der Waals surface area contributed by atoms with Crippen LogP contribution in [-0.4, -0.2) is 75.4 Å². The molecule has 1 aromatic carbocycles. The SMILES string of the molecule is CNC(=O)N1CCN(c2ccc(N3C[C@H](CNC(C)=O)OC3=O)cc2F)CC1. The fourth-order valence-electron chi connectivity index (χ4n) is 3.32. The van der Waals surface area contributed by atoms with Crippen LogP contribution in [0.4, 0.5) is 25.4 Å². The first-order valence-corrected chi connectivity index (χ1v) is 9.12. The second kappa shape index (κ2) is 8.32. The van der Waals surface area contributed by atoms with Crippen molar-refractivity contribution in [3.8, 4) is 0 Å². The van der Waals surface area contributed by atoms with E-state index >= 15 is 0 Å². The molecule has 0 saturated carbocycles. The lowest BCUT2D eigenvalue weighted by atomic mass is 10.2. The Bertz CT molecular complexity index is 766. The molecule has 2 saturated heterocycles. The summed E-state index contributed by atoms with van der Waals surface area (Å²) in [7, 11) is 1.58. The zero-order valence-corrected chi connectivity index (χ0v) is 15.9. The van der Waals surface area contributed by atoms with Gasteiger partial charge in [0.15, 0.2) is 0 Å². The van der Waals surface area contributed by atoms with Gasteiger partial charge in [0.1, 0.15) is 11.9 Å². The van der Waals surface area contributed by atoms with Crippen LogP contribution in [0.5, 0.6) is 0 Å². The predicted octanol–water partition coefficient (Wildman–Crippen LogP) is 0.748. The molecule has 10 heteroatoms. The van der Waals surface area contributed by atoms with Crippen LogP contribution in [0.2, 0.25) is 0 Å². The third-order valence-corrected chi connectivity index (χ3v) is 4.82. The number of benzene rings is 1. The van der Waals surface area contributed by atoms with Gasteiger partial charge in [0.25, 0.3) is 0 Å². The number of piperazine rings is 1. The van der Waals surface area contributed by atoms with Gasteiger partial charge >= 0.3 is 12.1 Å². The van der Waals surface area contributed by atoms with E-state index in [4.69, 9.17) is 4.74 Å². The largest absolute Gasteiger partial charge is 0.442 e. The average Bonchev–Trinajstić information content (AvgIpc) is 3.06. The van der Waals surface area contributed by atoms with Gasteiger partial charge < -0.3 is 25.2 Å². The van der Waals surface area contributed by atoms with Gasteiger partial charge in [-0.15, -0.1) is 0 Å². The molecule has 2 aliphatic heterocycles. The van der Waals surface area contributed by atoms with E-state index in [2.05, 4.69) is 10.6 Å². The van der Waals surface area contributed by atoms with E-state index in [1.807, 2.05) is 4.90 Å². The van der Waals surface area contributed by atoms with Crippen LogP contribution >= 0.6 is 0 Å². The van der Waals surface area contributed by atoms with Crippen molar-refractivity contribution < 1.29 is 23.5 Å². The maximum Gasteiger partial charge on any atom is 0.414 e. The Labute approximate surface area is 162 Å². The second-order valence-corrected chi connectivity index (χ2v) is 6.72. The molecular formula is C18H24FN5O4. The lowest BCUT2D eigenvalue weighted by Gasteiger charge is -2.36. The second-order valence-electron chi connectivity index (χ2n) is 6.72. The summed E-state index contributed by atoms with van der Waals surface area (Å²) in [5, 5.41) is 5.19. The number of ether oxygens (including phenoxy) is 1. The predicted molar refractivity (Wildman–Crippen MR) is 101 cm³/mol. The van der Waals surface area contributed by atoms with E-state index in [-0.39, 0.29) is 25.0 Å². The highest BCUT2D eigenvalue weighted by Gasteiger charge is 2.33. The van der Waals surface area contributed by atoms with Gasteiger partial charge in [-0.2, -0.15) is 0 Å². The summed E-state index contributed by atoms with van der Waals surface area (Å²) < 4.78 is 19.9. The van der Waals surface area contributed by atoms with Crippen molar-refractivity contribution in [1.82, 2.24) is 15.5 Å².